The summed E-state index contributed by atoms with van der Waals surface area (Å²) in [6.45, 7) is 1.34. The van der Waals surface area contributed by atoms with E-state index in [1.807, 2.05) is 35.2 Å². The van der Waals surface area contributed by atoms with Gasteiger partial charge >= 0.3 is 0 Å². The molecule has 0 atom stereocenters. The Balaban J connectivity index is 1.64. The van der Waals surface area contributed by atoms with Gasteiger partial charge in [-0.3, -0.25) is 4.79 Å². The van der Waals surface area contributed by atoms with Gasteiger partial charge in [-0.15, -0.1) is 0 Å². The summed E-state index contributed by atoms with van der Waals surface area (Å²) in [5.74, 6) is 2.40. The molecular weight excluding hydrogens is 410 g/mol. The van der Waals surface area contributed by atoms with Crippen LogP contribution in [0.5, 0.6) is 17.2 Å². The number of aryl methyl sites for hydroxylation is 1. The average molecular weight is 434 g/mol. The minimum atomic E-state index is 0.169. The lowest BCUT2D eigenvalue weighted by atomic mass is 9.98. The zero-order valence-corrected chi connectivity index (χ0v) is 17.5. The zero-order valence-electron chi connectivity index (χ0n) is 15.9. The lowest BCUT2D eigenvalue weighted by molar-refractivity contribution is -0.132. The number of hydrogen-bond donors (Lipinski definition) is 0. The van der Waals surface area contributed by atoms with Crippen molar-refractivity contribution >= 4 is 21.8 Å². The minimum Gasteiger partial charge on any atom is -0.496 e. The van der Waals surface area contributed by atoms with Crippen molar-refractivity contribution in [3.05, 3.63) is 51.5 Å². The molecule has 0 saturated carbocycles. The summed E-state index contributed by atoms with van der Waals surface area (Å²) in [5.41, 5.74) is 3.45. The minimum absolute atomic E-state index is 0.169. The average Bonchev–Trinajstić information content (AvgIpc) is 2.70. The first kappa shape index (κ1) is 19.5. The van der Waals surface area contributed by atoms with Gasteiger partial charge in [-0.1, -0.05) is 6.07 Å². The molecular formula is C21H24BrNO4. The Labute approximate surface area is 168 Å². The molecule has 0 aliphatic carbocycles. The first-order valence-corrected chi connectivity index (χ1v) is 9.69. The summed E-state index contributed by atoms with van der Waals surface area (Å²) < 4.78 is 16.9. The number of nitrogens with zero attached hydrogens (tertiary/aromatic N) is 1. The molecule has 144 valence electrons. The molecule has 0 radical (unpaired) electrons. The number of hydrogen-bond acceptors (Lipinski definition) is 4. The van der Waals surface area contributed by atoms with E-state index in [4.69, 9.17) is 14.2 Å². The van der Waals surface area contributed by atoms with Crippen LogP contribution in [0.1, 0.15) is 23.1 Å². The number of carbonyl (C=O) groups excluding carboxylic acids is 1. The van der Waals surface area contributed by atoms with Crippen molar-refractivity contribution < 1.29 is 19.0 Å². The fourth-order valence-electron chi connectivity index (χ4n) is 3.37. The summed E-state index contributed by atoms with van der Waals surface area (Å²) in [5, 5.41) is 0. The molecule has 1 aliphatic heterocycles. The van der Waals surface area contributed by atoms with E-state index in [-0.39, 0.29) is 5.91 Å². The number of rotatable bonds is 6. The van der Waals surface area contributed by atoms with Crippen LogP contribution < -0.4 is 14.2 Å². The maximum atomic E-state index is 12.7. The highest BCUT2D eigenvalue weighted by Crippen LogP contribution is 2.33. The predicted octanol–water partition coefficient (Wildman–Crippen LogP) is 3.99. The molecule has 1 aliphatic rings. The van der Waals surface area contributed by atoms with E-state index in [0.717, 1.165) is 40.1 Å². The summed E-state index contributed by atoms with van der Waals surface area (Å²) >= 11 is 3.49. The molecule has 0 N–H and O–H groups in total. The molecule has 0 bridgehead atoms. The third-order valence-electron chi connectivity index (χ3n) is 4.91. The third-order valence-corrected chi connectivity index (χ3v) is 5.53. The van der Waals surface area contributed by atoms with Gasteiger partial charge in [0.25, 0.3) is 0 Å². The number of benzene rings is 2. The van der Waals surface area contributed by atoms with Crippen LogP contribution in [0.25, 0.3) is 0 Å². The summed E-state index contributed by atoms with van der Waals surface area (Å²) in [6, 6.07) is 9.92. The van der Waals surface area contributed by atoms with Crippen LogP contribution in [-0.4, -0.2) is 38.7 Å². The van der Waals surface area contributed by atoms with E-state index in [1.54, 1.807) is 21.3 Å². The van der Waals surface area contributed by atoms with Crippen molar-refractivity contribution in [2.75, 3.05) is 27.9 Å². The van der Waals surface area contributed by atoms with Gasteiger partial charge < -0.3 is 19.1 Å². The maximum Gasteiger partial charge on any atom is 0.223 e. The van der Waals surface area contributed by atoms with Crippen molar-refractivity contribution in [2.24, 2.45) is 0 Å². The highest BCUT2D eigenvalue weighted by molar-refractivity contribution is 9.10. The monoisotopic (exact) mass is 433 g/mol. The fourth-order valence-corrected chi connectivity index (χ4v) is 3.96. The van der Waals surface area contributed by atoms with Gasteiger partial charge in [0.1, 0.15) is 5.75 Å². The van der Waals surface area contributed by atoms with E-state index >= 15 is 0 Å². The van der Waals surface area contributed by atoms with Gasteiger partial charge in [0.15, 0.2) is 11.5 Å². The van der Waals surface area contributed by atoms with Crippen LogP contribution in [0, 0.1) is 0 Å². The molecule has 0 unspecified atom stereocenters. The van der Waals surface area contributed by atoms with Gasteiger partial charge in [0, 0.05) is 19.5 Å². The number of methoxy groups -OCH3 is 3. The second kappa shape index (κ2) is 8.65. The van der Waals surface area contributed by atoms with Crippen LogP contribution in [0.4, 0.5) is 0 Å². The lowest BCUT2D eigenvalue weighted by Gasteiger charge is -2.29. The summed E-state index contributed by atoms with van der Waals surface area (Å²) in [6.07, 6.45) is 2.02. The van der Waals surface area contributed by atoms with Gasteiger partial charge in [0.2, 0.25) is 5.91 Å². The number of halogens is 1. The quantitative estimate of drug-likeness (QED) is 0.690. The smallest absolute Gasteiger partial charge is 0.223 e. The largest absolute Gasteiger partial charge is 0.496 e. The van der Waals surface area contributed by atoms with E-state index in [2.05, 4.69) is 15.9 Å². The molecule has 0 aromatic heterocycles. The molecule has 3 rings (SSSR count). The molecule has 6 heteroatoms. The van der Waals surface area contributed by atoms with E-state index in [0.29, 0.717) is 25.1 Å². The molecule has 2 aromatic rings. The number of fused-ring (bicyclic) bond motifs is 1. The van der Waals surface area contributed by atoms with Crippen LogP contribution >= 0.6 is 15.9 Å². The Morgan fingerprint density at radius 1 is 1.00 bits per heavy atom. The van der Waals surface area contributed by atoms with Crippen LogP contribution in [0.3, 0.4) is 0 Å². The molecule has 0 fully saturated rings. The molecule has 1 amide bonds. The van der Waals surface area contributed by atoms with Crippen molar-refractivity contribution in [3.8, 4) is 17.2 Å². The molecule has 1 heterocycles. The van der Waals surface area contributed by atoms with E-state index < -0.39 is 0 Å². The number of ether oxygens (including phenoxy) is 3. The van der Waals surface area contributed by atoms with Crippen LogP contribution in [-0.2, 0) is 24.2 Å². The second-order valence-corrected chi connectivity index (χ2v) is 7.36. The standard InChI is InChI=1S/C21H24BrNO4/c1-25-18-6-4-14(10-17(18)22)5-7-21(24)23-9-8-15-11-19(26-2)20(27-3)12-16(15)13-23/h4,6,10-12H,5,7-9,13H2,1-3H3. The van der Waals surface area contributed by atoms with Crippen LogP contribution in [0.2, 0.25) is 0 Å². The number of carbonyl (C=O) groups is 1. The van der Waals surface area contributed by atoms with Gasteiger partial charge in [-0.2, -0.15) is 0 Å². The maximum absolute atomic E-state index is 12.7. The van der Waals surface area contributed by atoms with Gasteiger partial charge in [-0.05, 0) is 69.7 Å². The Hall–Kier alpha value is -2.21. The third kappa shape index (κ3) is 4.38. The lowest BCUT2D eigenvalue weighted by Crippen LogP contribution is -2.36. The van der Waals surface area contributed by atoms with E-state index in [9.17, 15) is 4.79 Å². The Morgan fingerprint density at radius 2 is 1.67 bits per heavy atom. The van der Waals surface area contributed by atoms with Crippen molar-refractivity contribution in [2.45, 2.75) is 25.8 Å². The van der Waals surface area contributed by atoms with Crippen molar-refractivity contribution in [1.29, 1.82) is 0 Å². The Morgan fingerprint density at radius 3 is 2.30 bits per heavy atom. The fraction of sp³-hybridized carbons (Fsp3) is 0.381. The number of amides is 1. The SMILES string of the molecule is COc1ccc(CCC(=O)N2CCc3cc(OC)c(OC)cc3C2)cc1Br. The second-order valence-electron chi connectivity index (χ2n) is 6.51. The first-order valence-electron chi connectivity index (χ1n) is 8.89. The highest BCUT2D eigenvalue weighted by atomic mass is 79.9. The van der Waals surface area contributed by atoms with Gasteiger partial charge in [0.05, 0.1) is 25.8 Å². The normalized spacial score (nSPS) is 13.1. The van der Waals surface area contributed by atoms with Crippen molar-refractivity contribution in [3.63, 3.8) is 0 Å². The topological polar surface area (TPSA) is 48.0 Å². The molecule has 2 aromatic carbocycles. The Kier molecular flexibility index (Phi) is 6.26. The van der Waals surface area contributed by atoms with E-state index in [1.165, 1.54) is 5.56 Å². The zero-order chi connectivity index (χ0) is 19.4. The predicted molar refractivity (Wildman–Crippen MR) is 108 cm³/mol. The molecule has 27 heavy (non-hydrogen) atoms. The molecule has 5 nitrogen and oxygen atoms in total. The Bertz CT molecular complexity index is 837. The van der Waals surface area contributed by atoms with Gasteiger partial charge in [-0.25, -0.2) is 0 Å². The van der Waals surface area contributed by atoms with Crippen molar-refractivity contribution in [1.82, 2.24) is 4.90 Å². The molecule has 0 saturated heterocycles. The summed E-state index contributed by atoms with van der Waals surface area (Å²) in [7, 11) is 4.91. The van der Waals surface area contributed by atoms with Crippen LogP contribution in [0.15, 0.2) is 34.8 Å². The molecule has 0 spiro atoms. The summed E-state index contributed by atoms with van der Waals surface area (Å²) in [4.78, 5) is 14.6. The first-order chi connectivity index (χ1) is 13.0. The highest BCUT2D eigenvalue weighted by Gasteiger charge is 2.22.